The quantitative estimate of drug-likeness (QED) is 0.720. The smallest absolute Gasteiger partial charge is 0.264 e. The van der Waals surface area contributed by atoms with Crippen molar-refractivity contribution in [1.82, 2.24) is 9.55 Å². The molecule has 0 amide bonds. The molecule has 1 atom stereocenters. The number of hydrogen-bond acceptors (Lipinski definition) is 3. The van der Waals surface area contributed by atoms with E-state index in [-0.39, 0.29) is 10.9 Å². The molecule has 3 aromatic rings. The highest BCUT2D eigenvalue weighted by Crippen LogP contribution is 2.36. The predicted octanol–water partition coefficient (Wildman–Crippen LogP) is 3.02. The number of fused-ring (bicyclic) bond motifs is 2. The van der Waals surface area contributed by atoms with Gasteiger partial charge in [-0.1, -0.05) is 18.2 Å². The van der Waals surface area contributed by atoms with E-state index in [9.17, 15) is 8.42 Å². The first kappa shape index (κ1) is 15.2. The first-order valence-electron chi connectivity index (χ1n) is 7.95. The molecule has 1 aliphatic rings. The Morgan fingerprint density at radius 3 is 2.71 bits per heavy atom. The van der Waals surface area contributed by atoms with Crippen molar-refractivity contribution in [3.63, 3.8) is 0 Å². The number of para-hydroxylation sites is 1. The highest BCUT2D eigenvalue weighted by molar-refractivity contribution is 7.92. The van der Waals surface area contributed by atoms with E-state index in [0.717, 1.165) is 29.0 Å². The molecule has 0 bridgehead atoms. The van der Waals surface area contributed by atoms with Crippen LogP contribution in [0.1, 0.15) is 18.3 Å². The molecule has 6 heteroatoms. The van der Waals surface area contributed by atoms with Crippen molar-refractivity contribution < 1.29 is 8.42 Å². The average molecular weight is 341 g/mol. The molecule has 5 nitrogen and oxygen atoms in total. The average Bonchev–Trinajstić information content (AvgIpc) is 3.03. The Bertz CT molecular complexity index is 1050. The van der Waals surface area contributed by atoms with Gasteiger partial charge in [0.25, 0.3) is 10.0 Å². The van der Waals surface area contributed by atoms with Gasteiger partial charge in [0.1, 0.15) is 5.82 Å². The third-order valence-electron chi connectivity index (χ3n) is 4.78. The lowest BCUT2D eigenvalue weighted by Gasteiger charge is -2.24. The van der Waals surface area contributed by atoms with Gasteiger partial charge >= 0.3 is 0 Å². The second-order valence-corrected chi connectivity index (χ2v) is 8.17. The van der Waals surface area contributed by atoms with Crippen LogP contribution in [0.4, 0.5) is 5.69 Å². The van der Waals surface area contributed by atoms with Crippen LogP contribution >= 0.6 is 0 Å². The van der Waals surface area contributed by atoms with Gasteiger partial charge in [-0.05, 0) is 50.1 Å². The summed E-state index contributed by atoms with van der Waals surface area (Å²) in [6, 6.07) is 12.8. The fourth-order valence-corrected chi connectivity index (χ4v) is 5.19. The summed E-state index contributed by atoms with van der Waals surface area (Å²) >= 11 is 0. The van der Waals surface area contributed by atoms with Gasteiger partial charge < -0.3 is 4.57 Å². The van der Waals surface area contributed by atoms with Gasteiger partial charge in [-0.25, -0.2) is 13.4 Å². The minimum atomic E-state index is -3.61. The van der Waals surface area contributed by atoms with Crippen LogP contribution < -0.4 is 4.31 Å². The van der Waals surface area contributed by atoms with E-state index in [4.69, 9.17) is 0 Å². The third-order valence-corrected chi connectivity index (χ3v) is 6.70. The molecule has 124 valence electrons. The highest BCUT2D eigenvalue weighted by Gasteiger charge is 2.36. The minimum Gasteiger partial charge on any atom is -0.331 e. The van der Waals surface area contributed by atoms with Crippen molar-refractivity contribution in [3.05, 3.63) is 53.9 Å². The molecule has 2 aromatic carbocycles. The molecule has 0 N–H and O–H groups in total. The van der Waals surface area contributed by atoms with Crippen LogP contribution in [0, 0.1) is 6.92 Å². The van der Waals surface area contributed by atoms with Gasteiger partial charge in [-0.15, -0.1) is 0 Å². The van der Waals surface area contributed by atoms with Crippen LogP contribution in [0.25, 0.3) is 11.0 Å². The Kier molecular flexibility index (Phi) is 3.22. The summed E-state index contributed by atoms with van der Waals surface area (Å²) in [7, 11) is -1.68. The van der Waals surface area contributed by atoms with Crippen LogP contribution in [0.2, 0.25) is 0 Å². The molecule has 0 saturated heterocycles. The Morgan fingerprint density at radius 1 is 1.17 bits per heavy atom. The molecule has 24 heavy (non-hydrogen) atoms. The minimum absolute atomic E-state index is 0.0893. The molecule has 0 aliphatic carbocycles. The molecule has 0 saturated carbocycles. The fourth-order valence-electron chi connectivity index (χ4n) is 3.48. The molecule has 2 heterocycles. The first-order chi connectivity index (χ1) is 11.4. The zero-order chi connectivity index (χ0) is 17.1. The molecular weight excluding hydrogens is 322 g/mol. The number of aromatic nitrogens is 2. The van der Waals surface area contributed by atoms with E-state index in [1.807, 2.05) is 55.8 Å². The summed E-state index contributed by atoms with van der Waals surface area (Å²) in [5, 5.41) is 0. The van der Waals surface area contributed by atoms with E-state index in [1.165, 1.54) is 0 Å². The number of nitrogens with zero attached hydrogens (tertiary/aromatic N) is 3. The number of benzene rings is 2. The second kappa shape index (κ2) is 5.08. The zero-order valence-corrected chi connectivity index (χ0v) is 14.7. The molecule has 0 fully saturated rings. The van der Waals surface area contributed by atoms with Gasteiger partial charge in [-0.3, -0.25) is 4.31 Å². The fraction of sp³-hybridized carbons (Fsp3) is 0.278. The first-order valence-corrected chi connectivity index (χ1v) is 9.39. The second-order valence-electron chi connectivity index (χ2n) is 6.35. The van der Waals surface area contributed by atoms with Crippen LogP contribution in [0.15, 0.2) is 47.4 Å². The molecule has 1 unspecified atom stereocenters. The van der Waals surface area contributed by atoms with Crippen molar-refractivity contribution in [3.8, 4) is 0 Å². The Labute approximate surface area is 141 Å². The largest absolute Gasteiger partial charge is 0.331 e. The van der Waals surface area contributed by atoms with E-state index in [1.54, 1.807) is 16.4 Å². The topological polar surface area (TPSA) is 55.2 Å². The molecule has 4 rings (SSSR count). The van der Waals surface area contributed by atoms with Crippen molar-refractivity contribution in [2.75, 3.05) is 4.31 Å². The van der Waals surface area contributed by atoms with E-state index in [2.05, 4.69) is 4.98 Å². The SMILES string of the molecule is Cc1nc2cc(S(=O)(=O)N3c4ccccc4CC3C)ccc2n1C. The summed E-state index contributed by atoms with van der Waals surface area (Å²) in [6.07, 6.45) is 0.736. The monoisotopic (exact) mass is 341 g/mol. The summed E-state index contributed by atoms with van der Waals surface area (Å²) in [5.41, 5.74) is 3.49. The zero-order valence-electron chi connectivity index (χ0n) is 13.9. The molecule has 1 aliphatic heterocycles. The molecular formula is C18H19N3O2S. The van der Waals surface area contributed by atoms with Crippen LogP contribution in [0.3, 0.4) is 0 Å². The summed E-state index contributed by atoms with van der Waals surface area (Å²) in [6.45, 7) is 3.86. The Morgan fingerprint density at radius 2 is 1.92 bits per heavy atom. The Hall–Kier alpha value is -2.34. The normalized spacial score (nSPS) is 17.5. The molecule has 0 spiro atoms. The molecule has 0 radical (unpaired) electrons. The highest BCUT2D eigenvalue weighted by atomic mass is 32.2. The van der Waals surface area contributed by atoms with Gasteiger partial charge in [-0.2, -0.15) is 0 Å². The van der Waals surface area contributed by atoms with E-state index < -0.39 is 10.0 Å². The maximum atomic E-state index is 13.2. The predicted molar refractivity (Wildman–Crippen MR) is 94.7 cm³/mol. The van der Waals surface area contributed by atoms with Crippen LogP contribution in [0.5, 0.6) is 0 Å². The molecule has 1 aromatic heterocycles. The van der Waals surface area contributed by atoms with Crippen LogP contribution in [-0.2, 0) is 23.5 Å². The Balaban J connectivity index is 1.86. The van der Waals surface area contributed by atoms with Gasteiger partial charge in [0.2, 0.25) is 0 Å². The van der Waals surface area contributed by atoms with Crippen molar-refractivity contribution >= 4 is 26.7 Å². The third kappa shape index (κ3) is 2.06. The van der Waals surface area contributed by atoms with Gasteiger partial charge in [0.15, 0.2) is 0 Å². The number of anilines is 1. The lowest BCUT2D eigenvalue weighted by atomic mass is 10.1. The number of rotatable bonds is 2. The van der Waals surface area contributed by atoms with Crippen molar-refractivity contribution in [2.24, 2.45) is 7.05 Å². The number of sulfonamides is 1. The maximum Gasteiger partial charge on any atom is 0.264 e. The van der Waals surface area contributed by atoms with E-state index >= 15 is 0 Å². The van der Waals surface area contributed by atoms with Gasteiger partial charge in [0.05, 0.1) is 21.6 Å². The summed E-state index contributed by atoms with van der Waals surface area (Å²) in [4.78, 5) is 4.75. The lowest BCUT2D eigenvalue weighted by Crippen LogP contribution is -2.35. The summed E-state index contributed by atoms with van der Waals surface area (Å²) in [5.74, 6) is 0.861. The lowest BCUT2D eigenvalue weighted by molar-refractivity contribution is 0.584. The van der Waals surface area contributed by atoms with Crippen LogP contribution in [-0.4, -0.2) is 24.0 Å². The number of aryl methyl sites for hydroxylation is 2. The van der Waals surface area contributed by atoms with Gasteiger partial charge in [0, 0.05) is 13.1 Å². The summed E-state index contributed by atoms with van der Waals surface area (Å²) < 4.78 is 30.0. The number of hydrogen-bond donors (Lipinski definition) is 0. The van der Waals surface area contributed by atoms with Crippen molar-refractivity contribution in [2.45, 2.75) is 31.2 Å². The standard InChI is InChI=1S/C18H19N3O2S/c1-12-10-14-6-4-5-7-17(14)21(12)24(22,23)15-8-9-18-16(11-15)19-13(2)20(18)3/h4-9,11-12H,10H2,1-3H3. The maximum absolute atomic E-state index is 13.2. The van der Waals surface area contributed by atoms with E-state index in [0.29, 0.717) is 5.52 Å². The number of imidazole rings is 1. The van der Waals surface area contributed by atoms with Crippen molar-refractivity contribution in [1.29, 1.82) is 0 Å².